The van der Waals surface area contributed by atoms with E-state index in [2.05, 4.69) is 67.7 Å². The van der Waals surface area contributed by atoms with Crippen LogP contribution in [0.1, 0.15) is 33.6 Å². The Labute approximate surface area is 182 Å². The number of carbonyl (C=O) groups excluding carboxylic acids is 1. The van der Waals surface area contributed by atoms with Crippen molar-refractivity contribution in [2.75, 3.05) is 12.4 Å². The molecular weight excluding hydrogens is 392 g/mol. The molecule has 30 heavy (non-hydrogen) atoms. The number of allylic oxidation sites excluding steroid dienone is 2. The molecule has 1 aliphatic heterocycles. The number of nitrogens with one attached hydrogen (secondary N) is 1. The van der Waals surface area contributed by atoms with Crippen LogP contribution in [0.25, 0.3) is 11.1 Å². The molecule has 0 bridgehead atoms. The Balaban J connectivity index is 1.60. The van der Waals surface area contributed by atoms with Gasteiger partial charge in [0, 0.05) is 16.4 Å². The zero-order valence-corrected chi connectivity index (χ0v) is 18.6. The molecule has 2 aliphatic rings. The predicted molar refractivity (Wildman–Crippen MR) is 125 cm³/mol. The summed E-state index contributed by atoms with van der Waals surface area (Å²) in [5, 5.41) is 3.45. The van der Waals surface area contributed by atoms with Gasteiger partial charge in [-0.2, -0.15) is 0 Å². The maximum atomic E-state index is 12.2. The number of aliphatic imine (C=N–C) groups is 1. The van der Waals surface area contributed by atoms with Gasteiger partial charge in [0.05, 0.1) is 18.0 Å². The number of ether oxygens (including phenoxy) is 1. The van der Waals surface area contributed by atoms with E-state index in [-0.39, 0.29) is 17.4 Å². The quantitative estimate of drug-likeness (QED) is 0.642. The van der Waals surface area contributed by atoms with Crippen LogP contribution in [0.3, 0.4) is 0 Å². The minimum Gasteiger partial charge on any atom is -0.464 e. The first-order valence-corrected chi connectivity index (χ1v) is 11.5. The first kappa shape index (κ1) is 20.7. The molecule has 0 aromatic heterocycles. The number of benzene rings is 2. The second-order valence-electron chi connectivity index (χ2n) is 8.56. The number of hydrogen-bond donors (Lipinski definition) is 1. The minimum absolute atomic E-state index is 0.0890. The van der Waals surface area contributed by atoms with Gasteiger partial charge in [-0.15, -0.1) is 11.8 Å². The van der Waals surface area contributed by atoms with Gasteiger partial charge in [0.15, 0.2) is 0 Å². The molecule has 0 spiro atoms. The maximum Gasteiger partial charge on any atom is 0.329 e. The zero-order chi connectivity index (χ0) is 21.1. The smallest absolute Gasteiger partial charge is 0.329 e. The summed E-state index contributed by atoms with van der Waals surface area (Å²) in [4.78, 5) is 18.4. The molecule has 4 rings (SSSR count). The third-order valence-corrected chi connectivity index (χ3v) is 6.66. The molecule has 0 saturated heterocycles. The van der Waals surface area contributed by atoms with Crippen LogP contribution in [0.4, 0.5) is 5.69 Å². The van der Waals surface area contributed by atoms with E-state index in [1.54, 1.807) is 11.8 Å². The summed E-state index contributed by atoms with van der Waals surface area (Å²) < 4.78 is 5.22. The molecule has 0 fully saturated rings. The standard InChI is InChI=1S/C25H28N2O2S/c1-4-29-24(28)22-16-30-23-20(14-25(2,3)15-21(23)27-22)26-19-12-10-18(11-13-19)17-8-6-5-7-9-17/h5-13,22,27H,4,14-16H2,1-3H3/b26-20+. The highest BCUT2D eigenvalue weighted by Crippen LogP contribution is 2.43. The minimum atomic E-state index is -0.283. The third kappa shape index (κ3) is 4.62. The van der Waals surface area contributed by atoms with Crippen LogP contribution in [-0.4, -0.2) is 30.1 Å². The van der Waals surface area contributed by atoms with E-state index in [4.69, 9.17) is 9.73 Å². The number of thioether (sulfide) groups is 1. The Morgan fingerprint density at radius 1 is 1.10 bits per heavy atom. The molecule has 2 aromatic carbocycles. The second kappa shape index (κ2) is 8.68. The van der Waals surface area contributed by atoms with Gasteiger partial charge in [0.1, 0.15) is 6.04 Å². The predicted octanol–water partition coefficient (Wildman–Crippen LogP) is 5.73. The van der Waals surface area contributed by atoms with Gasteiger partial charge in [-0.3, -0.25) is 4.99 Å². The van der Waals surface area contributed by atoms with Crippen LogP contribution in [0.5, 0.6) is 0 Å². The summed E-state index contributed by atoms with van der Waals surface area (Å²) in [7, 11) is 0. The van der Waals surface area contributed by atoms with Crippen LogP contribution in [-0.2, 0) is 9.53 Å². The van der Waals surface area contributed by atoms with E-state index < -0.39 is 0 Å². The van der Waals surface area contributed by atoms with Crippen molar-refractivity contribution in [3.05, 3.63) is 65.2 Å². The Morgan fingerprint density at radius 3 is 2.50 bits per heavy atom. The van der Waals surface area contributed by atoms with E-state index in [1.165, 1.54) is 16.0 Å². The van der Waals surface area contributed by atoms with Crippen LogP contribution >= 0.6 is 11.8 Å². The molecule has 0 radical (unpaired) electrons. The van der Waals surface area contributed by atoms with Crippen molar-refractivity contribution < 1.29 is 9.53 Å². The monoisotopic (exact) mass is 420 g/mol. The van der Waals surface area contributed by atoms with Crippen LogP contribution < -0.4 is 5.32 Å². The molecule has 0 amide bonds. The highest BCUT2D eigenvalue weighted by Gasteiger charge is 2.37. The van der Waals surface area contributed by atoms with Gasteiger partial charge in [0.2, 0.25) is 0 Å². The second-order valence-corrected chi connectivity index (χ2v) is 9.59. The van der Waals surface area contributed by atoms with Crippen molar-refractivity contribution in [1.82, 2.24) is 5.32 Å². The number of hydrogen-bond acceptors (Lipinski definition) is 5. The third-order valence-electron chi connectivity index (χ3n) is 5.39. The summed E-state index contributed by atoms with van der Waals surface area (Å²) in [6, 6.07) is 18.5. The lowest BCUT2D eigenvalue weighted by molar-refractivity contribution is -0.144. The average molecular weight is 421 g/mol. The van der Waals surface area contributed by atoms with Gasteiger partial charge in [0.25, 0.3) is 0 Å². The molecule has 1 N–H and O–H groups in total. The lowest BCUT2D eigenvalue weighted by Crippen LogP contribution is -2.45. The number of rotatable bonds is 4. The summed E-state index contributed by atoms with van der Waals surface area (Å²) in [6.07, 6.45) is 1.84. The van der Waals surface area contributed by atoms with E-state index in [9.17, 15) is 4.79 Å². The SMILES string of the molecule is CCOC(=O)C1CSC2=C(CC(C)(C)C/C2=N\c2ccc(-c3ccccc3)cc2)N1. The number of esters is 1. The number of nitrogens with zero attached hydrogens (tertiary/aromatic N) is 1. The lowest BCUT2D eigenvalue weighted by atomic mass is 9.78. The van der Waals surface area contributed by atoms with Crippen molar-refractivity contribution in [1.29, 1.82) is 0 Å². The van der Waals surface area contributed by atoms with Gasteiger partial charge in [-0.05, 0) is 48.4 Å². The Bertz CT molecular complexity index is 978. The van der Waals surface area contributed by atoms with Crippen LogP contribution in [0, 0.1) is 5.41 Å². The van der Waals surface area contributed by atoms with E-state index in [1.807, 2.05) is 13.0 Å². The molecule has 4 nitrogen and oxygen atoms in total. The summed E-state index contributed by atoms with van der Waals surface area (Å²) in [5.74, 6) is 0.499. The van der Waals surface area contributed by atoms with Gasteiger partial charge in [-0.25, -0.2) is 4.79 Å². The molecule has 1 unspecified atom stereocenters. The average Bonchev–Trinajstić information content (AvgIpc) is 2.74. The van der Waals surface area contributed by atoms with Crippen molar-refractivity contribution >= 4 is 29.1 Å². The summed E-state index contributed by atoms with van der Waals surface area (Å²) in [5.41, 5.74) is 5.68. The molecule has 1 aliphatic carbocycles. The van der Waals surface area contributed by atoms with E-state index in [0.717, 1.165) is 29.9 Å². The van der Waals surface area contributed by atoms with Gasteiger partial charge < -0.3 is 10.1 Å². The topological polar surface area (TPSA) is 50.7 Å². The molecule has 2 aromatic rings. The maximum absolute atomic E-state index is 12.2. The first-order valence-electron chi connectivity index (χ1n) is 10.5. The molecule has 0 saturated carbocycles. The summed E-state index contributed by atoms with van der Waals surface area (Å²) >= 11 is 1.72. The summed E-state index contributed by atoms with van der Waals surface area (Å²) in [6.45, 7) is 6.76. The highest BCUT2D eigenvalue weighted by atomic mass is 32.2. The zero-order valence-electron chi connectivity index (χ0n) is 17.8. The van der Waals surface area contributed by atoms with Crippen LogP contribution in [0.15, 0.2) is 70.2 Å². The Kier molecular flexibility index (Phi) is 6.00. The van der Waals surface area contributed by atoms with E-state index in [0.29, 0.717) is 12.4 Å². The first-order chi connectivity index (χ1) is 14.4. The van der Waals surface area contributed by atoms with Gasteiger partial charge >= 0.3 is 5.97 Å². The fourth-order valence-electron chi connectivity index (χ4n) is 4.01. The highest BCUT2D eigenvalue weighted by molar-refractivity contribution is 8.04. The lowest BCUT2D eigenvalue weighted by Gasteiger charge is -2.38. The molecule has 1 heterocycles. The largest absolute Gasteiger partial charge is 0.464 e. The number of carbonyl (C=O) groups is 1. The van der Waals surface area contributed by atoms with Crippen molar-refractivity contribution in [3.8, 4) is 11.1 Å². The fourth-order valence-corrected chi connectivity index (χ4v) is 5.15. The van der Waals surface area contributed by atoms with E-state index >= 15 is 0 Å². The molecule has 156 valence electrons. The van der Waals surface area contributed by atoms with Crippen molar-refractivity contribution in [2.45, 2.75) is 39.7 Å². The Hall–Kier alpha value is -2.53. The molecule has 5 heteroatoms. The molecule has 1 atom stereocenters. The fraction of sp³-hybridized carbons (Fsp3) is 0.360. The molecular formula is C25H28N2O2S. The Morgan fingerprint density at radius 2 is 1.80 bits per heavy atom. The van der Waals surface area contributed by atoms with Crippen molar-refractivity contribution in [3.63, 3.8) is 0 Å². The van der Waals surface area contributed by atoms with Crippen LogP contribution in [0.2, 0.25) is 0 Å². The van der Waals surface area contributed by atoms with Crippen molar-refractivity contribution in [2.24, 2.45) is 10.4 Å². The van der Waals surface area contributed by atoms with Gasteiger partial charge in [-0.1, -0.05) is 56.3 Å². The normalized spacial score (nSPS) is 21.7.